The Balaban J connectivity index is 2.24. The van der Waals surface area contributed by atoms with Gasteiger partial charge in [0, 0.05) is 31.2 Å². The van der Waals surface area contributed by atoms with Crippen LogP contribution in [-0.2, 0) is 6.54 Å². The summed E-state index contributed by atoms with van der Waals surface area (Å²) in [7, 11) is 0. The van der Waals surface area contributed by atoms with E-state index >= 15 is 0 Å². The topological polar surface area (TPSA) is 69.9 Å². The van der Waals surface area contributed by atoms with Crippen molar-refractivity contribution in [2.24, 2.45) is 0 Å². The molecule has 2 rings (SSSR count). The van der Waals surface area contributed by atoms with Gasteiger partial charge in [0.1, 0.15) is 11.8 Å². The lowest BCUT2D eigenvalue weighted by Crippen LogP contribution is -2.37. The van der Waals surface area contributed by atoms with E-state index in [1.54, 1.807) is 24.5 Å². The number of aromatic nitrogens is 2. The van der Waals surface area contributed by atoms with E-state index in [9.17, 15) is 4.79 Å². The van der Waals surface area contributed by atoms with Crippen molar-refractivity contribution in [2.45, 2.75) is 32.9 Å². The molecule has 2 aromatic rings. The number of carbonyl (C=O) groups is 1. The van der Waals surface area contributed by atoms with Crippen LogP contribution < -0.4 is 0 Å². The van der Waals surface area contributed by atoms with E-state index in [0.717, 1.165) is 12.0 Å². The van der Waals surface area contributed by atoms with Crippen LogP contribution in [0.3, 0.4) is 0 Å². The molecular formula is C17H18N4O. The maximum atomic E-state index is 12.7. The summed E-state index contributed by atoms with van der Waals surface area (Å²) in [6.07, 6.45) is 5.76. The Bertz CT molecular complexity index is 661. The van der Waals surface area contributed by atoms with Crippen LogP contribution in [0.25, 0.3) is 0 Å². The molecule has 0 N–H and O–H groups in total. The van der Waals surface area contributed by atoms with Gasteiger partial charge in [0.25, 0.3) is 5.91 Å². The second-order valence-electron chi connectivity index (χ2n) is 5.09. The first-order valence-electron chi connectivity index (χ1n) is 7.21. The van der Waals surface area contributed by atoms with Crippen LogP contribution in [-0.4, -0.2) is 26.8 Å². The summed E-state index contributed by atoms with van der Waals surface area (Å²) in [6, 6.07) is 9.08. The summed E-state index contributed by atoms with van der Waals surface area (Å²) >= 11 is 0. The van der Waals surface area contributed by atoms with Gasteiger partial charge in [0.05, 0.1) is 5.56 Å². The number of nitrogens with zero attached hydrogens (tertiary/aromatic N) is 4. The van der Waals surface area contributed by atoms with Crippen LogP contribution in [0.1, 0.15) is 41.9 Å². The Hall–Kier alpha value is -2.74. The molecule has 0 saturated carbocycles. The fourth-order valence-electron chi connectivity index (χ4n) is 2.09. The lowest BCUT2D eigenvalue weighted by atomic mass is 10.1. The fraction of sp³-hybridized carbons (Fsp3) is 0.294. The van der Waals surface area contributed by atoms with E-state index in [0.29, 0.717) is 17.8 Å². The van der Waals surface area contributed by atoms with Crippen LogP contribution in [0, 0.1) is 11.3 Å². The van der Waals surface area contributed by atoms with Crippen LogP contribution in [0.2, 0.25) is 0 Å². The number of hydrogen-bond donors (Lipinski definition) is 0. The molecule has 2 heterocycles. The highest BCUT2D eigenvalue weighted by molar-refractivity contribution is 5.94. The molecule has 0 aliphatic heterocycles. The smallest absolute Gasteiger partial charge is 0.255 e. The Morgan fingerprint density at radius 1 is 1.32 bits per heavy atom. The Morgan fingerprint density at radius 3 is 2.59 bits per heavy atom. The average molecular weight is 294 g/mol. The van der Waals surface area contributed by atoms with Gasteiger partial charge in [-0.25, -0.2) is 4.98 Å². The quantitative estimate of drug-likeness (QED) is 0.850. The largest absolute Gasteiger partial charge is 0.332 e. The Morgan fingerprint density at radius 2 is 2.05 bits per heavy atom. The second-order valence-corrected chi connectivity index (χ2v) is 5.09. The fourth-order valence-corrected chi connectivity index (χ4v) is 2.09. The zero-order valence-electron chi connectivity index (χ0n) is 12.7. The molecule has 0 bridgehead atoms. The predicted molar refractivity (Wildman–Crippen MR) is 82.8 cm³/mol. The van der Waals surface area contributed by atoms with Gasteiger partial charge >= 0.3 is 0 Å². The van der Waals surface area contributed by atoms with Gasteiger partial charge in [-0.1, -0.05) is 6.92 Å². The monoisotopic (exact) mass is 294 g/mol. The van der Waals surface area contributed by atoms with E-state index in [-0.39, 0.29) is 11.9 Å². The van der Waals surface area contributed by atoms with Crippen LogP contribution in [0.4, 0.5) is 0 Å². The molecule has 1 unspecified atom stereocenters. The summed E-state index contributed by atoms with van der Waals surface area (Å²) in [6.45, 7) is 4.60. The third kappa shape index (κ3) is 3.67. The summed E-state index contributed by atoms with van der Waals surface area (Å²) in [5, 5.41) is 8.78. The van der Waals surface area contributed by atoms with Gasteiger partial charge in [0.15, 0.2) is 0 Å². The highest BCUT2D eigenvalue weighted by Gasteiger charge is 2.21. The minimum Gasteiger partial charge on any atom is -0.332 e. The molecule has 2 aromatic heterocycles. The SMILES string of the molecule is CCC(C)N(Cc1ccncc1)C(=O)c1ccc(C#N)nc1. The van der Waals surface area contributed by atoms with Crippen molar-refractivity contribution in [3.05, 3.63) is 59.7 Å². The lowest BCUT2D eigenvalue weighted by Gasteiger charge is -2.28. The molecule has 0 fully saturated rings. The molecule has 1 amide bonds. The zero-order valence-corrected chi connectivity index (χ0v) is 12.7. The summed E-state index contributed by atoms with van der Waals surface area (Å²) in [5.41, 5.74) is 1.83. The minimum atomic E-state index is -0.0804. The molecule has 5 nitrogen and oxygen atoms in total. The average Bonchev–Trinajstić information content (AvgIpc) is 2.59. The molecule has 0 spiro atoms. The van der Waals surface area contributed by atoms with Crippen molar-refractivity contribution >= 4 is 5.91 Å². The molecule has 0 aromatic carbocycles. The Labute approximate surface area is 130 Å². The number of rotatable bonds is 5. The maximum absolute atomic E-state index is 12.7. The first kappa shape index (κ1) is 15.6. The number of hydrogen-bond acceptors (Lipinski definition) is 4. The van der Waals surface area contributed by atoms with Gasteiger partial charge < -0.3 is 4.90 Å². The van der Waals surface area contributed by atoms with Crippen molar-refractivity contribution < 1.29 is 4.79 Å². The molecule has 0 radical (unpaired) electrons. The molecule has 1 atom stereocenters. The van der Waals surface area contributed by atoms with E-state index in [1.165, 1.54) is 6.20 Å². The molecule has 22 heavy (non-hydrogen) atoms. The second kappa shape index (κ2) is 7.32. The van der Waals surface area contributed by atoms with E-state index in [1.807, 2.05) is 30.0 Å². The van der Waals surface area contributed by atoms with Crippen LogP contribution >= 0.6 is 0 Å². The van der Waals surface area contributed by atoms with E-state index < -0.39 is 0 Å². The summed E-state index contributed by atoms with van der Waals surface area (Å²) in [4.78, 5) is 22.5. The number of nitriles is 1. The van der Waals surface area contributed by atoms with Gasteiger partial charge in [-0.3, -0.25) is 9.78 Å². The molecule has 0 aliphatic carbocycles. The van der Waals surface area contributed by atoms with Gasteiger partial charge in [-0.15, -0.1) is 0 Å². The third-order valence-electron chi connectivity index (χ3n) is 3.61. The third-order valence-corrected chi connectivity index (χ3v) is 3.61. The van der Waals surface area contributed by atoms with Crippen molar-refractivity contribution in [1.29, 1.82) is 5.26 Å². The van der Waals surface area contributed by atoms with Crippen molar-refractivity contribution in [2.75, 3.05) is 0 Å². The van der Waals surface area contributed by atoms with Gasteiger partial charge in [0.2, 0.25) is 0 Å². The molecule has 0 saturated heterocycles. The standard InChI is InChI=1S/C17H18N4O/c1-3-13(2)21(12-14-6-8-19-9-7-14)17(22)15-4-5-16(10-18)20-11-15/h4-9,11,13H,3,12H2,1-2H3. The highest BCUT2D eigenvalue weighted by Crippen LogP contribution is 2.14. The maximum Gasteiger partial charge on any atom is 0.255 e. The van der Waals surface area contributed by atoms with E-state index in [4.69, 9.17) is 5.26 Å². The number of amides is 1. The molecule has 5 heteroatoms. The predicted octanol–water partition coefficient (Wildman–Crippen LogP) is 2.79. The lowest BCUT2D eigenvalue weighted by molar-refractivity contribution is 0.0671. The minimum absolute atomic E-state index is 0.0804. The molecule has 112 valence electrons. The summed E-state index contributed by atoms with van der Waals surface area (Å²) in [5.74, 6) is -0.0804. The first-order chi connectivity index (χ1) is 10.7. The summed E-state index contributed by atoms with van der Waals surface area (Å²) < 4.78 is 0. The van der Waals surface area contributed by atoms with Gasteiger partial charge in [-0.2, -0.15) is 5.26 Å². The number of carbonyl (C=O) groups excluding carboxylic acids is 1. The highest BCUT2D eigenvalue weighted by atomic mass is 16.2. The van der Waals surface area contributed by atoms with E-state index in [2.05, 4.69) is 16.9 Å². The van der Waals surface area contributed by atoms with Crippen molar-refractivity contribution in [3.8, 4) is 6.07 Å². The van der Waals surface area contributed by atoms with Gasteiger partial charge in [-0.05, 0) is 43.2 Å². The van der Waals surface area contributed by atoms with Crippen molar-refractivity contribution in [1.82, 2.24) is 14.9 Å². The van der Waals surface area contributed by atoms with Crippen LogP contribution in [0.5, 0.6) is 0 Å². The number of pyridine rings is 2. The molecule has 0 aliphatic rings. The van der Waals surface area contributed by atoms with Crippen molar-refractivity contribution in [3.63, 3.8) is 0 Å². The normalized spacial score (nSPS) is 11.5. The first-order valence-corrected chi connectivity index (χ1v) is 7.21. The Kier molecular flexibility index (Phi) is 5.21. The molecular weight excluding hydrogens is 276 g/mol. The zero-order chi connectivity index (χ0) is 15.9. The van der Waals surface area contributed by atoms with Crippen LogP contribution in [0.15, 0.2) is 42.9 Å².